The number of fused-ring (bicyclic) bond motifs is 3. The van der Waals surface area contributed by atoms with E-state index in [-0.39, 0.29) is 0 Å². The SMILES string of the molecule is Cc1c(C)n(-c2ccc3ccccc3c2)c2c1cc1ccc3cccc4ccc2c1c34. The summed E-state index contributed by atoms with van der Waals surface area (Å²) >= 11 is 0. The molecule has 1 aromatic heterocycles. The Morgan fingerprint density at radius 3 is 2.03 bits per heavy atom. The molecule has 7 aromatic rings. The second-order valence-corrected chi connectivity index (χ2v) is 8.71. The van der Waals surface area contributed by atoms with Gasteiger partial charge < -0.3 is 4.57 Å². The van der Waals surface area contributed by atoms with Gasteiger partial charge in [-0.3, -0.25) is 0 Å². The summed E-state index contributed by atoms with van der Waals surface area (Å²) in [6.07, 6.45) is 0. The molecule has 0 amide bonds. The standard InChI is InChI=1S/C30H21N/c1-18-19(2)31(25-14-12-20-6-3-4-7-23(20)16-25)30-26-15-13-22-9-5-8-21-10-11-24(17-27(18)30)29(26)28(21)22/h3-17H,1-2H3. The number of nitrogens with zero attached hydrogens (tertiary/aromatic N) is 1. The van der Waals surface area contributed by atoms with Crippen molar-refractivity contribution in [3.8, 4) is 5.69 Å². The Balaban J connectivity index is 1.70. The van der Waals surface area contributed by atoms with Gasteiger partial charge in [0, 0.05) is 22.2 Å². The van der Waals surface area contributed by atoms with Crippen molar-refractivity contribution in [3.05, 3.63) is 102 Å². The van der Waals surface area contributed by atoms with Crippen LogP contribution < -0.4 is 0 Å². The van der Waals surface area contributed by atoms with Gasteiger partial charge in [-0.1, -0.05) is 72.8 Å². The van der Waals surface area contributed by atoms with E-state index in [2.05, 4.69) is 109 Å². The number of rotatable bonds is 1. The fourth-order valence-electron chi connectivity index (χ4n) is 5.49. The van der Waals surface area contributed by atoms with Crippen LogP contribution in [-0.4, -0.2) is 4.57 Å². The average Bonchev–Trinajstić information content (AvgIpc) is 3.07. The average molecular weight is 396 g/mol. The Kier molecular flexibility index (Phi) is 3.20. The highest BCUT2D eigenvalue weighted by Gasteiger charge is 2.18. The van der Waals surface area contributed by atoms with E-state index in [0.717, 1.165) is 0 Å². The summed E-state index contributed by atoms with van der Waals surface area (Å²) in [5, 5.41) is 11.9. The van der Waals surface area contributed by atoms with Crippen molar-refractivity contribution in [2.75, 3.05) is 0 Å². The zero-order valence-electron chi connectivity index (χ0n) is 17.6. The molecule has 1 heteroatoms. The lowest BCUT2D eigenvalue weighted by Crippen LogP contribution is -1.97. The minimum Gasteiger partial charge on any atom is -0.313 e. The molecule has 31 heavy (non-hydrogen) atoms. The first-order valence-electron chi connectivity index (χ1n) is 10.9. The summed E-state index contributed by atoms with van der Waals surface area (Å²) in [6, 6.07) is 33.6. The molecule has 0 saturated carbocycles. The van der Waals surface area contributed by atoms with Gasteiger partial charge >= 0.3 is 0 Å². The van der Waals surface area contributed by atoms with Crippen LogP contribution in [0.1, 0.15) is 11.3 Å². The monoisotopic (exact) mass is 395 g/mol. The molecule has 1 heterocycles. The Morgan fingerprint density at radius 1 is 0.516 bits per heavy atom. The normalized spacial score (nSPS) is 12.2. The molecule has 0 spiro atoms. The highest BCUT2D eigenvalue weighted by atomic mass is 15.0. The van der Waals surface area contributed by atoms with Gasteiger partial charge in [0.2, 0.25) is 0 Å². The van der Waals surface area contributed by atoms with Gasteiger partial charge in [-0.15, -0.1) is 0 Å². The van der Waals surface area contributed by atoms with Crippen LogP contribution in [0.5, 0.6) is 0 Å². The molecule has 1 nitrogen and oxygen atoms in total. The molecule has 0 fully saturated rings. The fourth-order valence-corrected chi connectivity index (χ4v) is 5.49. The third kappa shape index (κ3) is 2.16. The number of hydrogen-bond acceptors (Lipinski definition) is 0. The summed E-state index contributed by atoms with van der Waals surface area (Å²) in [7, 11) is 0. The Hall–Kier alpha value is -3.84. The maximum Gasteiger partial charge on any atom is 0.0613 e. The number of aryl methyl sites for hydroxylation is 1. The summed E-state index contributed by atoms with van der Waals surface area (Å²) in [4.78, 5) is 0. The number of aromatic nitrogens is 1. The van der Waals surface area contributed by atoms with Crippen LogP contribution in [0.3, 0.4) is 0 Å². The Labute approximate surface area is 180 Å². The van der Waals surface area contributed by atoms with Gasteiger partial charge in [0.15, 0.2) is 0 Å². The zero-order chi connectivity index (χ0) is 20.7. The maximum absolute atomic E-state index is 2.46. The maximum atomic E-state index is 2.46. The predicted octanol–water partition coefficient (Wildman–Crippen LogP) is 8.30. The van der Waals surface area contributed by atoms with Gasteiger partial charge in [0.1, 0.15) is 0 Å². The van der Waals surface area contributed by atoms with Crippen LogP contribution in [-0.2, 0) is 0 Å². The van der Waals surface area contributed by atoms with E-state index >= 15 is 0 Å². The van der Waals surface area contributed by atoms with Crippen molar-refractivity contribution in [1.29, 1.82) is 0 Å². The molecule has 0 unspecified atom stereocenters. The lowest BCUT2D eigenvalue weighted by atomic mass is 9.92. The van der Waals surface area contributed by atoms with Gasteiger partial charge in [0.25, 0.3) is 0 Å². The van der Waals surface area contributed by atoms with E-state index in [1.807, 2.05) is 0 Å². The molecule has 0 N–H and O–H groups in total. The molecule has 0 aliphatic carbocycles. The molecule has 0 atom stereocenters. The third-order valence-electron chi connectivity index (χ3n) is 7.12. The van der Waals surface area contributed by atoms with Gasteiger partial charge in [-0.25, -0.2) is 0 Å². The van der Waals surface area contributed by atoms with Crippen molar-refractivity contribution < 1.29 is 0 Å². The van der Waals surface area contributed by atoms with E-state index in [1.165, 1.54) is 70.9 Å². The predicted molar refractivity (Wildman–Crippen MR) is 134 cm³/mol. The minimum atomic E-state index is 1.23. The lowest BCUT2D eigenvalue weighted by Gasteiger charge is -2.15. The summed E-state index contributed by atoms with van der Waals surface area (Å²) in [5.74, 6) is 0. The number of benzene rings is 6. The van der Waals surface area contributed by atoms with Crippen LogP contribution in [0.4, 0.5) is 0 Å². The summed E-state index contributed by atoms with van der Waals surface area (Å²) < 4.78 is 2.46. The molecule has 146 valence electrons. The summed E-state index contributed by atoms with van der Waals surface area (Å²) in [5.41, 5.74) is 5.20. The molecule has 6 aromatic carbocycles. The molecular formula is C30H21N. The van der Waals surface area contributed by atoms with Gasteiger partial charge in [-0.05, 0) is 75.3 Å². The molecule has 0 radical (unpaired) electrons. The highest BCUT2D eigenvalue weighted by molar-refractivity contribution is 6.29. The summed E-state index contributed by atoms with van der Waals surface area (Å²) in [6.45, 7) is 4.50. The molecule has 7 rings (SSSR count). The molecule has 0 aliphatic rings. The van der Waals surface area contributed by atoms with Gasteiger partial charge in [0.05, 0.1) is 5.52 Å². The lowest BCUT2D eigenvalue weighted by molar-refractivity contribution is 1.05. The third-order valence-corrected chi connectivity index (χ3v) is 7.12. The molecular weight excluding hydrogens is 374 g/mol. The van der Waals surface area contributed by atoms with Crippen LogP contribution in [0.25, 0.3) is 59.7 Å². The van der Waals surface area contributed by atoms with Crippen LogP contribution in [0.15, 0.2) is 91.0 Å². The minimum absolute atomic E-state index is 1.23. The van der Waals surface area contributed by atoms with E-state index in [1.54, 1.807) is 0 Å². The molecule has 0 bridgehead atoms. The van der Waals surface area contributed by atoms with Crippen LogP contribution >= 0.6 is 0 Å². The van der Waals surface area contributed by atoms with Crippen molar-refractivity contribution in [3.63, 3.8) is 0 Å². The second-order valence-electron chi connectivity index (χ2n) is 8.71. The smallest absolute Gasteiger partial charge is 0.0613 e. The highest BCUT2D eigenvalue weighted by Crippen LogP contribution is 2.41. The first-order valence-corrected chi connectivity index (χ1v) is 10.9. The first-order chi connectivity index (χ1) is 15.2. The van der Waals surface area contributed by atoms with Crippen LogP contribution in [0.2, 0.25) is 0 Å². The van der Waals surface area contributed by atoms with Crippen molar-refractivity contribution in [2.24, 2.45) is 0 Å². The zero-order valence-corrected chi connectivity index (χ0v) is 17.6. The van der Waals surface area contributed by atoms with Crippen LogP contribution in [0, 0.1) is 13.8 Å². The van der Waals surface area contributed by atoms with Gasteiger partial charge in [-0.2, -0.15) is 0 Å². The van der Waals surface area contributed by atoms with E-state index in [4.69, 9.17) is 0 Å². The van der Waals surface area contributed by atoms with Crippen molar-refractivity contribution in [1.82, 2.24) is 4.57 Å². The van der Waals surface area contributed by atoms with E-state index in [9.17, 15) is 0 Å². The Bertz CT molecular complexity index is 1780. The molecule has 0 saturated heterocycles. The van der Waals surface area contributed by atoms with Crippen molar-refractivity contribution >= 4 is 54.0 Å². The first kappa shape index (κ1) is 16.9. The second kappa shape index (κ2) is 5.86. The van der Waals surface area contributed by atoms with Crippen molar-refractivity contribution in [2.45, 2.75) is 13.8 Å². The fraction of sp³-hybridized carbons (Fsp3) is 0.0667. The molecule has 0 aliphatic heterocycles. The largest absolute Gasteiger partial charge is 0.313 e. The quantitative estimate of drug-likeness (QED) is 0.246. The Morgan fingerprint density at radius 2 is 1.19 bits per heavy atom. The van der Waals surface area contributed by atoms with E-state index < -0.39 is 0 Å². The van der Waals surface area contributed by atoms with E-state index in [0.29, 0.717) is 0 Å². The number of hydrogen-bond donors (Lipinski definition) is 0. The topological polar surface area (TPSA) is 4.93 Å².